The lowest BCUT2D eigenvalue weighted by Gasteiger charge is -2.24. The van der Waals surface area contributed by atoms with Gasteiger partial charge in [-0.2, -0.15) is 0 Å². The molecule has 1 atom stereocenters. The Bertz CT molecular complexity index is 1760. The monoisotopic (exact) mass is 606 g/mol. The van der Waals surface area contributed by atoms with Gasteiger partial charge in [-0.15, -0.1) is 0 Å². The zero-order valence-corrected chi connectivity index (χ0v) is 23.6. The van der Waals surface area contributed by atoms with E-state index < -0.39 is 12.0 Å². The van der Waals surface area contributed by atoms with Gasteiger partial charge in [-0.1, -0.05) is 75.8 Å². The van der Waals surface area contributed by atoms with Crippen molar-refractivity contribution < 1.29 is 18.7 Å². The highest BCUT2D eigenvalue weighted by Crippen LogP contribution is 2.31. The third-order valence-corrected chi connectivity index (χ3v) is 7.71. The molecule has 1 aliphatic heterocycles. The molecule has 6 nitrogen and oxygen atoms in total. The number of esters is 1. The van der Waals surface area contributed by atoms with Crippen LogP contribution in [-0.4, -0.2) is 17.1 Å². The molecule has 5 rings (SSSR count). The van der Waals surface area contributed by atoms with E-state index in [-0.39, 0.29) is 24.6 Å². The average Bonchev–Trinajstić information content (AvgIpc) is 3.23. The van der Waals surface area contributed by atoms with Crippen LogP contribution in [0.2, 0.25) is 0 Å². The molecule has 0 unspecified atom stereocenters. The molecule has 2 heterocycles. The van der Waals surface area contributed by atoms with Gasteiger partial charge in [0.15, 0.2) is 4.80 Å². The molecule has 0 radical (unpaired) electrons. The molecule has 0 fully saturated rings. The maximum Gasteiger partial charge on any atom is 0.338 e. The molecule has 0 amide bonds. The molecule has 198 valence electrons. The normalized spacial score (nSPS) is 15.1. The summed E-state index contributed by atoms with van der Waals surface area (Å²) in [5, 5.41) is 0. The lowest BCUT2D eigenvalue weighted by atomic mass is 9.96. The van der Waals surface area contributed by atoms with E-state index >= 15 is 0 Å². The third kappa shape index (κ3) is 5.51. The molecule has 1 aliphatic rings. The lowest BCUT2D eigenvalue weighted by molar-refractivity contribution is -0.139. The Balaban J connectivity index is 1.62. The number of halogens is 2. The molecule has 0 saturated carbocycles. The third-order valence-electron chi connectivity index (χ3n) is 6.23. The standard InChI is InChI=1S/C30H24BrFN2O4S/c1-3-37-29(36)26-18(2)33-30-34(27(26)19-9-5-4-6-10-19)28(35)25(39-30)16-21-15-22(31)13-14-24(21)38-17-20-11-7-8-12-23(20)32/h4-16,27H,3,17H2,1-2H3/b25-16-/t27-/m0/s1. The van der Waals surface area contributed by atoms with Gasteiger partial charge in [0, 0.05) is 15.6 Å². The topological polar surface area (TPSA) is 69.9 Å². The molecule has 9 heteroatoms. The largest absolute Gasteiger partial charge is 0.488 e. The van der Waals surface area contributed by atoms with E-state index in [4.69, 9.17) is 9.47 Å². The number of carbonyl (C=O) groups excluding carboxylic acids is 1. The van der Waals surface area contributed by atoms with E-state index in [0.29, 0.717) is 37.5 Å². The number of ether oxygens (including phenoxy) is 2. The van der Waals surface area contributed by atoms with Crippen LogP contribution in [0.3, 0.4) is 0 Å². The zero-order valence-electron chi connectivity index (χ0n) is 21.2. The van der Waals surface area contributed by atoms with Gasteiger partial charge in [0.05, 0.1) is 28.5 Å². The van der Waals surface area contributed by atoms with E-state index in [1.165, 1.54) is 17.4 Å². The van der Waals surface area contributed by atoms with Crippen LogP contribution in [0.15, 0.2) is 98.3 Å². The first kappa shape index (κ1) is 26.8. The van der Waals surface area contributed by atoms with Crippen molar-refractivity contribution in [2.24, 2.45) is 4.99 Å². The molecule has 0 bridgehead atoms. The molecule has 39 heavy (non-hydrogen) atoms. The molecule has 1 aromatic heterocycles. The van der Waals surface area contributed by atoms with Gasteiger partial charge in [-0.3, -0.25) is 9.36 Å². The van der Waals surface area contributed by atoms with E-state index in [1.807, 2.05) is 42.5 Å². The first-order valence-corrected chi connectivity index (χ1v) is 13.9. The van der Waals surface area contributed by atoms with Gasteiger partial charge >= 0.3 is 5.97 Å². The fourth-order valence-electron chi connectivity index (χ4n) is 4.42. The van der Waals surface area contributed by atoms with Crippen LogP contribution in [0.4, 0.5) is 4.39 Å². The van der Waals surface area contributed by atoms with Crippen molar-refractivity contribution in [3.8, 4) is 5.75 Å². The van der Waals surface area contributed by atoms with Gasteiger partial charge in [0.1, 0.15) is 18.2 Å². The summed E-state index contributed by atoms with van der Waals surface area (Å²) in [6.45, 7) is 3.74. The Morgan fingerprint density at radius 3 is 2.62 bits per heavy atom. The smallest absolute Gasteiger partial charge is 0.338 e. The summed E-state index contributed by atoms with van der Waals surface area (Å²) < 4.78 is 28.2. The molecular formula is C30H24BrFN2O4S. The van der Waals surface area contributed by atoms with Crippen LogP contribution in [-0.2, 0) is 16.1 Å². The van der Waals surface area contributed by atoms with Crippen LogP contribution >= 0.6 is 27.3 Å². The number of fused-ring (bicyclic) bond motifs is 1. The summed E-state index contributed by atoms with van der Waals surface area (Å²) >= 11 is 4.72. The summed E-state index contributed by atoms with van der Waals surface area (Å²) in [7, 11) is 0. The van der Waals surface area contributed by atoms with Crippen molar-refractivity contribution in [2.75, 3.05) is 6.61 Å². The molecule has 3 aromatic carbocycles. The Hall–Kier alpha value is -3.82. The minimum Gasteiger partial charge on any atom is -0.488 e. The first-order chi connectivity index (χ1) is 18.9. The number of benzene rings is 3. The summed E-state index contributed by atoms with van der Waals surface area (Å²) in [5.41, 5.74) is 2.39. The number of carbonyl (C=O) groups is 1. The highest BCUT2D eigenvalue weighted by Gasteiger charge is 2.33. The first-order valence-electron chi connectivity index (χ1n) is 12.3. The summed E-state index contributed by atoms with van der Waals surface area (Å²) in [6.07, 6.45) is 1.73. The summed E-state index contributed by atoms with van der Waals surface area (Å²) in [5.74, 6) is -0.355. The average molecular weight is 608 g/mol. The highest BCUT2D eigenvalue weighted by atomic mass is 79.9. The number of hydrogen-bond acceptors (Lipinski definition) is 6. The van der Waals surface area contributed by atoms with Crippen molar-refractivity contribution in [3.63, 3.8) is 0 Å². The maximum absolute atomic E-state index is 14.1. The minimum atomic E-state index is -0.678. The quantitative estimate of drug-likeness (QED) is 0.268. The maximum atomic E-state index is 14.1. The van der Waals surface area contributed by atoms with Crippen molar-refractivity contribution in [1.29, 1.82) is 0 Å². The molecule has 0 saturated heterocycles. The number of rotatable bonds is 7. The molecule has 0 N–H and O–H groups in total. The molecule has 4 aromatic rings. The minimum absolute atomic E-state index is 0.0342. The number of thiazole rings is 1. The Labute approximate surface area is 236 Å². The Kier molecular flexibility index (Phi) is 7.90. The summed E-state index contributed by atoms with van der Waals surface area (Å²) in [6, 6.07) is 20.5. The second kappa shape index (κ2) is 11.5. The predicted molar refractivity (Wildman–Crippen MR) is 152 cm³/mol. The van der Waals surface area contributed by atoms with E-state index in [9.17, 15) is 14.0 Å². The van der Waals surface area contributed by atoms with Gasteiger partial charge in [0.25, 0.3) is 5.56 Å². The lowest BCUT2D eigenvalue weighted by Crippen LogP contribution is -2.39. The van der Waals surface area contributed by atoms with Crippen LogP contribution < -0.4 is 19.6 Å². The molecular weight excluding hydrogens is 583 g/mol. The molecule has 0 spiro atoms. The van der Waals surface area contributed by atoms with Gasteiger partial charge in [-0.25, -0.2) is 14.2 Å². The summed E-state index contributed by atoms with van der Waals surface area (Å²) in [4.78, 5) is 32.0. The van der Waals surface area contributed by atoms with Crippen LogP contribution in [0.25, 0.3) is 6.08 Å². The SMILES string of the molecule is CCOC(=O)C1=C(C)N=c2s/c(=C\c3cc(Br)ccc3OCc3ccccc3F)c(=O)n2[C@H]1c1ccccc1. The van der Waals surface area contributed by atoms with Crippen LogP contribution in [0.1, 0.15) is 36.6 Å². The van der Waals surface area contributed by atoms with E-state index in [0.717, 1.165) is 10.0 Å². The van der Waals surface area contributed by atoms with E-state index in [1.54, 1.807) is 48.8 Å². The number of nitrogens with zero attached hydrogens (tertiary/aromatic N) is 2. The second-order valence-corrected chi connectivity index (χ2v) is 10.7. The van der Waals surface area contributed by atoms with Crippen molar-refractivity contribution >= 4 is 39.3 Å². The van der Waals surface area contributed by atoms with Crippen LogP contribution in [0, 0.1) is 5.82 Å². The predicted octanol–water partition coefficient (Wildman–Crippen LogP) is 5.28. The Morgan fingerprint density at radius 2 is 1.87 bits per heavy atom. The number of allylic oxidation sites excluding steroid dienone is 1. The molecule has 0 aliphatic carbocycles. The van der Waals surface area contributed by atoms with Gasteiger partial charge < -0.3 is 9.47 Å². The fourth-order valence-corrected chi connectivity index (χ4v) is 5.83. The van der Waals surface area contributed by atoms with Crippen molar-refractivity contribution in [2.45, 2.75) is 26.5 Å². The highest BCUT2D eigenvalue weighted by molar-refractivity contribution is 9.10. The fraction of sp³-hybridized carbons (Fsp3) is 0.167. The zero-order chi connectivity index (χ0) is 27.5. The van der Waals surface area contributed by atoms with Crippen LogP contribution in [0.5, 0.6) is 5.75 Å². The Morgan fingerprint density at radius 1 is 1.13 bits per heavy atom. The number of aromatic nitrogens is 1. The van der Waals surface area contributed by atoms with Crippen molar-refractivity contribution in [3.05, 3.63) is 131 Å². The van der Waals surface area contributed by atoms with E-state index in [2.05, 4.69) is 20.9 Å². The number of hydrogen-bond donors (Lipinski definition) is 0. The second-order valence-electron chi connectivity index (χ2n) is 8.78. The van der Waals surface area contributed by atoms with Crippen molar-refractivity contribution in [1.82, 2.24) is 4.57 Å². The van der Waals surface area contributed by atoms with Gasteiger partial charge in [-0.05, 0) is 49.8 Å². The van der Waals surface area contributed by atoms with Gasteiger partial charge in [0.2, 0.25) is 0 Å².